The topological polar surface area (TPSA) is 86.8 Å². The number of halogens is 1. The second-order valence-electron chi connectivity index (χ2n) is 9.70. The predicted molar refractivity (Wildman–Crippen MR) is 157 cm³/mol. The first-order chi connectivity index (χ1) is 18.5. The van der Waals surface area contributed by atoms with Gasteiger partial charge in [0.25, 0.3) is 0 Å². The maximum atomic E-state index is 14.1. The van der Waals surface area contributed by atoms with Gasteiger partial charge < -0.3 is 10.2 Å². The number of carbonyl (C=O) groups excluding carboxylic acids is 2. The van der Waals surface area contributed by atoms with Gasteiger partial charge in [-0.1, -0.05) is 84.8 Å². The Hall–Kier alpha value is -3.36. The minimum absolute atomic E-state index is 0.141. The van der Waals surface area contributed by atoms with Gasteiger partial charge in [-0.05, 0) is 49.1 Å². The summed E-state index contributed by atoms with van der Waals surface area (Å²) in [6, 6.07) is 21.2. The zero-order valence-electron chi connectivity index (χ0n) is 22.9. The van der Waals surface area contributed by atoms with E-state index in [0.29, 0.717) is 22.8 Å². The average molecular weight is 570 g/mol. The lowest BCUT2D eigenvalue weighted by Crippen LogP contribution is -2.53. The van der Waals surface area contributed by atoms with Gasteiger partial charge in [-0.2, -0.15) is 0 Å². The second-order valence-corrected chi connectivity index (χ2v) is 12.0. The molecule has 0 aliphatic rings. The summed E-state index contributed by atoms with van der Waals surface area (Å²) in [5.74, 6) is -0.779. The van der Waals surface area contributed by atoms with E-state index < -0.39 is 28.5 Å². The van der Waals surface area contributed by atoms with E-state index in [1.807, 2.05) is 68.4 Å². The van der Waals surface area contributed by atoms with E-state index in [-0.39, 0.29) is 18.9 Å². The van der Waals surface area contributed by atoms with Crippen molar-refractivity contribution >= 4 is 39.1 Å². The molecular weight excluding hydrogens is 534 g/mol. The molecule has 2 amide bonds. The quantitative estimate of drug-likeness (QED) is 0.336. The Morgan fingerprint density at radius 2 is 1.62 bits per heavy atom. The molecule has 0 radical (unpaired) electrons. The highest BCUT2D eigenvalue weighted by atomic mass is 35.5. The van der Waals surface area contributed by atoms with Gasteiger partial charge in [0, 0.05) is 24.5 Å². The van der Waals surface area contributed by atoms with Crippen LogP contribution in [0.5, 0.6) is 0 Å². The van der Waals surface area contributed by atoms with E-state index in [2.05, 4.69) is 5.32 Å². The fourth-order valence-corrected chi connectivity index (χ4v) is 5.32. The average Bonchev–Trinajstić information content (AvgIpc) is 2.90. The van der Waals surface area contributed by atoms with Gasteiger partial charge >= 0.3 is 0 Å². The van der Waals surface area contributed by atoms with Crippen LogP contribution in [0.3, 0.4) is 0 Å². The van der Waals surface area contributed by atoms with Crippen LogP contribution in [0.2, 0.25) is 5.02 Å². The number of carbonyl (C=O) groups is 2. The SMILES string of the molecule is CCCNC(=O)C(Cc1ccccc1)N(Cc1ccc(C)cc1)C(=O)CN(c1cc(Cl)ccc1C)S(C)(=O)=O. The summed E-state index contributed by atoms with van der Waals surface area (Å²) in [5, 5.41) is 3.29. The van der Waals surface area contributed by atoms with E-state index in [1.54, 1.807) is 19.1 Å². The molecule has 0 fully saturated rings. The van der Waals surface area contributed by atoms with Crippen LogP contribution in [-0.2, 0) is 32.6 Å². The molecular formula is C30H36ClN3O4S. The van der Waals surface area contributed by atoms with Crippen molar-refractivity contribution in [2.24, 2.45) is 0 Å². The van der Waals surface area contributed by atoms with Gasteiger partial charge in [0.05, 0.1) is 11.9 Å². The first-order valence-corrected chi connectivity index (χ1v) is 15.1. The molecule has 0 saturated heterocycles. The summed E-state index contributed by atoms with van der Waals surface area (Å²) in [4.78, 5) is 29.0. The Bertz CT molecular complexity index is 1380. The van der Waals surface area contributed by atoms with Crippen LogP contribution in [0.1, 0.15) is 35.6 Å². The molecule has 1 atom stereocenters. The number of anilines is 1. The molecule has 3 rings (SSSR count). The van der Waals surface area contributed by atoms with Gasteiger partial charge in [-0.3, -0.25) is 13.9 Å². The summed E-state index contributed by atoms with van der Waals surface area (Å²) in [5.41, 5.74) is 3.77. The molecule has 39 heavy (non-hydrogen) atoms. The van der Waals surface area contributed by atoms with E-state index in [0.717, 1.165) is 33.7 Å². The Morgan fingerprint density at radius 3 is 2.23 bits per heavy atom. The number of amides is 2. The summed E-state index contributed by atoms with van der Waals surface area (Å²) in [7, 11) is -3.86. The number of benzene rings is 3. The van der Waals surface area contributed by atoms with Crippen LogP contribution >= 0.6 is 11.6 Å². The third kappa shape index (κ3) is 8.57. The smallest absolute Gasteiger partial charge is 0.244 e. The first kappa shape index (κ1) is 30.2. The number of nitrogens with one attached hydrogen (secondary N) is 1. The van der Waals surface area contributed by atoms with Crippen LogP contribution in [-0.4, -0.2) is 50.5 Å². The Morgan fingerprint density at radius 1 is 0.949 bits per heavy atom. The fraction of sp³-hybridized carbons (Fsp3) is 0.333. The maximum absolute atomic E-state index is 14.1. The van der Waals surface area contributed by atoms with Crippen molar-refractivity contribution in [3.8, 4) is 0 Å². The molecule has 7 nitrogen and oxygen atoms in total. The van der Waals surface area contributed by atoms with E-state index in [1.165, 1.54) is 11.0 Å². The largest absolute Gasteiger partial charge is 0.354 e. The molecule has 0 aliphatic heterocycles. The highest BCUT2D eigenvalue weighted by Crippen LogP contribution is 2.27. The number of aryl methyl sites for hydroxylation is 2. The Labute approximate surface area is 236 Å². The minimum atomic E-state index is -3.86. The van der Waals surface area contributed by atoms with Crippen LogP contribution in [0.25, 0.3) is 0 Å². The number of hydrogen-bond donors (Lipinski definition) is 1. The van der Waals surface area contributed by atoms with Gasteiger partial charge in [-0.25, -0.2) is 8.42 Å². The standard InChI is InChI=1S/C30H36ClN3O4S/c1-5-17-32-30(36)28(18-24-9-7-6-8-10-24)33(20-25-14-11-22(2)12-15-25)29(35)21-34(39(4,37)38)27-19-26(31)16-13-23(27)3/h6-16,19,28H,5,17-18,20-21H2,1-4H3,(H,32,36). The highest BCUT2D eigenvalue weighted by molar-refractivity contribution is 7.92. The molecule has 1 N–H and O–H groups in total. The van der Waals surface area contributed by atoms with Crippen molar-refractivity contribution in [1.82, 2.24) is 10.2 Å². The number of rotatable bonds is 12. The third-order valence-corrected chi connectivity index (χ3v) is 7.77. The van der Waals surface area contributed by atoms with Crippen molar-refractivity contribution in [2.45, 2.75) is 46.2 Å². The van der Waals surface area contributed by atoms with Crippen LogP contribution in [0.15, 0.2) is 72.8 Å². The summed E-state index contributed by atoms with van der Waals surface area (Å²) in [6.45, 7) is 5.82. The van der Waals surface area contributed by atoms with Crippen LogP contribution < -0.4 is 9.62 Å². The van der Waals surface area contributed by atoms with E-state index >= 15 is 0 Å². The van der Waals surface area contributed by atoms with Gasteiger partial charge in [0.2, 0.25) is 21.8 Å². The molecule has 0 spiro atoms. The molecule has 0 aliphatic carbocycles. The molecule has 9 heteroatoms. The van der Waals surface area contributed by atoms with Crippen LogP contribution in [0.4, 0.5) is 5.69 Å². The van der Waals surface area contributed by atoms with Crippen molar-refractivity contribution in [2.75, 3.05) is 23.7 Å². The maximum Gasteiger partial charge on any atom is 0.244 e. The lowest BCUT2D eigenvalue weighted by molar-refractivity contribution is -0.140. The van der Waals surface area contributed by atoms with E-state index in [4.69, 9.17) is 11.6 Å². The Kier molecular flexibility index (Phi) is 10.5. The van der Waals surface area contributed by atoms with E-state index in [9.17, 15) is 18.0 Å². The lowest BCUT2D eigenvalue weighted by Gasteiger charge is -2.34. The molecule has 0 saturated carbocycles. The summed E-state index contributed by atoms with van der Waals surface area (Å²) < 4.78 is 26.9. The van der Waals surface area contributed by atoms with Gasteiger partial charge in [0.1, 0.15) is 12.6 Å². The Balaban J connectivity index is 2.06. The molecule has 3 aromatic carbocycles. The monoisotopic (exact) mass is 569 g/mol. The molecule has 0 aromatic heterocycles. The van der Waals surface area contributed by atoms with Gasteiger partial charge in [0.15, 0.2) is 0 Å². The molecule has 0 bridgehead atoms. The minimum Gasteiger partial charge on any atom is -0.354 e. The molecule has 208 valence electrons. The van der Waals surface area contributed by atoms with Gasteiger partial charge in [-0.15, -0.1) is 0 Å². The zero-order valence-corrected chi connectivity index (χ0v) is 24.4. The molecule has 0 heterocycles. The summed E-state index contributed by atoms with van der Waals surface area (Å²) in [6.07, 6.45) is 2.08. The number of sulfonamides is 1. The van der Waals surface area contributed by atoms with Crippen molar-refractivity contribution in [3.05, 3.63) is 100 Å². The lowest BCUT2D eigenvalue weighted by atomic mass is 10.0. The highest BCUT2D eigenvalue weighted by Gasteiger charge is 2.33. The third-order valence-electron chi connectivity index (χ3n) is 6.41. The number of nitrogens with zero attached hydrogens (tertiary/aromatic N) is 2. The first-order valence-electron chi connectivity index (χ1n) is 12.9. The van der Waals surface area contributed by atoms with Crippen molar-refractivity contribution < 1.29 is 18.0 Å². The summed E-state index contributed by atoms with van der Waals surface area (Å²) >= 11 is 6.19. The zero-order chi connectivity index (χ0) is 28.6. The second kappa shape index (κ2) is 13.6. The number of hydrogen-bond acceptors (Lipinski definition) is 4. The predicted octanol–water partition coefficient (Wildman–Crippen LogP) is 4.89. The molecule has 1 unspecified atom stereocenters. The fourth-order valence-electron chi connectivity index (χ4n) is 4.26. The van der Waals surface area contributed by atoms with Crippen molar-refractivity contribution in [3.63, 3.8) is 0 Å². The molecule has 3 aromatic rings. The van der Waals surface area contributed by atoms with Crippen molar-refractivity contribution in [1.29, 1.82) is 0 Å². The normalized spacial score (nSPS) is 12.0. The van der Waals surface area contributed by atoms with Crippen LogP contribution in [0, 0.1) is 13.8 Å².